The smallest absolute Gasteiger partial charge is 0.407 e. The maximum atomic E-state index is 12.6. The van der Waals surface area contributed by atoms with Gasteiger partial charge in [-0.2, -0.15) is 0 Å². The van der Waals surface area contributed by atoms with Gasteiger partial charge in [0, 0.05) is 185 Å². The van der Waals surface area contributed by atoms with E-state index < -0.39 is 47.1 Å². The predicted molar refractivity (Wildman–Crippen MR) is 580 cm³/mol. The molecular formula is C111H137BrIN13O22U. The molecule has 4 fully saturated rings. The molecule has 0 spiro atoms. The number of alkyl carbamates (subject to hydrolysis) is 2. The topological polar surface area (TPSA) is 434 Å². The number of imide groups is 3. The molecule has 5 aromatic carbocycles. The maximum Gasteiger partial charge on any atom is 0.407 e. The van der Waals surface area contributed by atoms with Crippen LogP contribution in [0.1, 0.15) is 194 Å². The number of piperidine rings is 3. The summed E-state index contributed by atoms with van der Waals surface area (Å²) >= 11 is 4.90. The number of carbonyl (C=O) groups is 11. The van der Waals surface area contributed by atoms with E-state index in [-0.39, 0.29) is 111 Å². The quantitative estimate of drug-likeness (QED) is 0.00398. The summed E-state index contributed by atoms with van der Waals surface area (Å²) < 4.78 is 73.5. The van der Waals surface area contributed by atoms with Crippen molar-refractivity contribution >= 4 is 192 Å². The molecule has 1 aliphatic carbocycles. The molecule has 4 aliphatic rings. The minimum absolute atomic E-state index is 0. The summed E-state index contributed by atoms with van der Waals surface area (Å²) in [4.78, 5) is 145. The third-order valence-electron chi connectivity index (χ3n) is 23.6. The number of Topliss-reactive ketones (excluding diaryl/α,β-unsaturated/α-hetero) is 2. The number of carbonyl (C=O) groups excluding carboxylic acids is 11. The fraction of sp³-hybridized carbons (Fsp3) is 0.459. The van der Waals surface area contributed by atoms with Crippen molar-refractivity contribution in [2.24, 2.45) is 5.73 Å². The van der Waals surface area contributed by atoms with E-state index in [1.54, 1.807) is 18.6 Å². The zero-order valence-electron chi connectivity index (χ0n) is 86.3. The number of esters is 1. The van der Waals surface area contributed by atoms with Crippen LogP contribution in [0.25, 0.3) is 87.6 Å². The number of rotatable bonds is 38. The first-order valence-corrected chi connectivity index (χ1v) is 50.3. The van der Waals surface area contributed by atoms with E-state index in [1.807, 2.05) is 184 Å². The first-order valence-electron chi connectivity index (χ1n) is 49.9. The number of halogens is 2. The average Bonchev–Trinajstić information content (AvgIpc) is 1.61. The molecular weight excluding hydrogens is 2310 g/mol. The van der Waals surface area contributed by atoms with Crippen LogP contribution in [0.2, 0.25) is 0 Å². The van der Waals surface area contributed by atoms with Crippen LogP contribution in [0.15, 0.2) is 157 Å². The van der Waals surface area contributed by atoms with Crippen LogP contribution in [-0.4, -0.2) is 241 Å². The Balaban J connectivity index is 0.000000212. The number of nitrogens with zero attached hydrogens (tertiary/aromatic N) is 7. The minimum atomic E-state index is -0.528. The molecule has 38 heteroatoms. The van der Waals surface area contributed by atoms with Gasteiger partial charge in [-0.05, 0) is 234 Å². The van der Waals surface area contributed by atoms with Crippen LogP contribution < -0.4 is 32.3 Å². The number of ketones is 2. The van der Waals surface area contributed by atoms with Crippen molar-refractivity contribution in [1.82, 2.24) is 59.8 Å². The Kier molecular flexibility index (Phi) is 48.1. The van der Waals surface area contributed by atoms with E-state index in [4.69, 9.17) is 64.9 Å². The summed E-state index contributed by atoms with van der Waals surface area (Å²) in [6, 6.07) is 42.6. The van der Waals surface area contributed by atoms with Crippen molar-refractivity contribution in [2.75, 3.05) is 125 Å². The molecule has 35 nitrogen and oxygen atoms in total. The first-order chi connectivity index (χ1) is 71.2. The van der Waals surface area contributed by atoms with E-state index in [0.29, 0.717) is 183 Å². The second kappa shape index (κ2) is 60.0. The molecule has 0 radical (unpaired) electrons. The number of pyridine rings is 3. The van der Waals surface area contributed by atoms with Gasteiger partial charge in [-0.1, -0.05) is 71.4 Å². The van der Waals surface area contributed by atoms with Crippen molar-refractivity contribution in [3.05, 3.63) is 173 Å². The van der Waals surface area contributed by atoms with E-state index in [0.717, 1.165) is 123 Å². The zero-order valence-corrected chi connectivity index (χ0v) is 93.2. The number of aromatic nitrogens is 7. The zero-order chi connectivity index (χ0) is 106. The number of benzene rings is 5. The Hall–Kier alpha value is -11.5. The molecule has 4 unspecified atom stereocenters. The summed E-state index contributed by atoms with van der Waals surface area (Å²) in [5.41, 5.74) is 14.2. The molecule has 7 aromatic heterocycles. The third kappa shape index (κ3) is 36.1. The van der Waals surface area contributed by atoms with Crippen LogP contribution in [0, 0.1) is 55.3 Å². The molecule has 7 N–H and O–H groups in total. The van der Waals surface area contributed by atoms with E-state index in [1.165, 1.54) is 34.9 Å². The number of nitrogens with one attached hydrogen (secondary N) is 5. The second-order valence-corrected chi connectivity index (χ2v) is 39.1. The van der Waals surface area contributed by atoms with Gasteiger partial charge < -0.3 is 86.7 Å². The fourth-order valence-corrected chi connectivity index (χ4v) is 17.8. The van der Waals surface area contributed by atoms with Gasteiger partial charge in [0.05, 0.1) is 102 Å². The van der Waals surface area contributed by atoms with Gasteiger partial charge in [-0.25, -0.2) is 24.5 Å². The molecule has 10 heterocycles. The summed E-state index contributed by atoms with van der Waals surface area (Å²) in [5, 5.41) is 20.9. The first kappa shape index (κ1) is 119. The van der Waals surface area contributed by atoms with Crippen molar-refractivity contribution < 1.29 is 136 Å². The van der Waals surface area contributed by atoms with Crippen molar-refractivity contribution in [1.29, 1.82) is 0.594 Å². The maximum absolute atomic E-state index is 12.6. The summed E-state index contributed by atoms with van der Waals surface area (Å²) in [6.07, 6.45) is 17.3. The van der Waals surface area contributed by atoms with E-state index in [2.05, 4.69) is 106 Å². The number of hydrogen-bond acceptors (Lipinski definition) is 26. The van der Waals surface area contributed by atoms with Gasteiger partial charge >= 0.3 is 18.2 Å². The summed E-state index contributed by atoms with van der Waals surface area (Å²) in [5.74, 6) is 6.87. The molecule has 1 saturated carbocycles. The molecule has 3 saturated heterocycles. The number of nitrogens with two attached hydrogens (primary N) is 1. The molecule has 4 atom stereocenters. The van der Waals surface area contributed by atoms with Gasteiger partial charge in [0.15, 0.2) is 5.78 Å². The van der Waals surface area contributed by atoms with Gasteiger partial charge in [-0.3, -0.25) is 59.1 Å². The molecule has 0 bridgehead atoms. The Labute approximate surface area is 917 Å². The summed E-state index contributed by atoms with van der Waals surface area (Å²) in [6.45, 7) is 25.2. The SMILES string of the molecule is C.C#CCOCCOCCCC(=O)OC(C)(C)C.CC(C)(C)OC(=O)NCCOCCOCC#Cc1ccc2c(c1)c1ccccc1n2C1CCC(=O)NC1=O.CC(C)(C)OC(=O)NCCOCCOCCCc1ccc2c(c1)c1cccnc1n2C1CCC(=O)NC1=O.NCCOCCOCCCc1ccc2c(c1)c1cccnc1n2C1CCC(=O)NC1=O.O=C1CCC(n2c3ccc(Br)cc3c3cccnc32)C(=O)C1.[3H]I.[U]. The van der Waals surface area contributed by atoms with Crippen LogP contribution in [0.3, 0.4) is 0 Å². The normalized spacial score (nSPS) is 15.8. The Bertz CT molecular complexity index is 6730. The molecule has 8 amide bonds. The van der Waals surface area contributed by atoms with Crippen LogP contribution in [-0.2, 0) is 108 Å². The fourth-order valence-electron chi connectivity index (χ4n) is 17.4. The van der Waals surface area contributed by atoms with Crippen LogP contribution >= 0.6 is 39.7 Å². The third-order valence-corrected chi connectivity index (χ3v) is 24.1. The van der Waals surface area contributed by atoms with Crippen LogP contribution in [0.5, 0.6) is 0 Å². The number of amides is 8. The number of terminal acetylenes is 1. The van der Waals surface area contributed by atoms with Crippen molar-refractivity contribution in [3.63, 3.8) is 0 Å². The Morgan fingerprint density at radius 2 is 0.826 bits per heavy atom. The van der Waals surface area contributed by atoms with Crippen molar-refractivity contribution in [3.8, 4) is 24.2 Å². The number of fused-ring (bicyclic) bond motifs is 12. The van der Waals surface area contributed by atoms with Gasteiger partial charge in [0.2, 0.25) is 35.4 Å². The van der Waals surface area contributed by atoms with Gasteiger partial charge in [-0.15, -0.1) is 30.2 Å². The Morgan fingerprint density at radius 3 is 1.28 bits per heavy atom. The van der Waals surface area contributed by atoms with E-state index in [9.17, 15) is 52.7 Å². The Morgan fingerprint density at radius 1 is 0.443 bits per heavy atom. The molecule has 12 aromatic rings. The molecule has 149 heavy (non-hydrogen) atoms. The number of ether oxygens (including phenoxy) is 11. The number of hydrogen-bond donors (Lipinski definition) is 6. The monoisotopic (exact) mass is 2450 g/mol. The van der Waals surface area contributed by atoms with Crippen molar-refractivity contribution in [2.45, 2.75) is 207 Å². The molecule has 3 aliphatic heterocycles. The molecule has 796 valence electrons. The molecule has 16 rings (SSSR count). The minimum Gasteiger partial charge on any atom is -0.460 e. The van der Waals surface area contributed by atoms with E-state index >= 15 is 0 Å². The van der Waals surface area contributed by atoms with Gasteiger partial charge in [0.1, 0.15) is 71.5 Å². The van der Waals surface area contributed by atoms with Crippen LogP contribution in [0.4, 0.5) is 9.59 Å². The standard InChI is InChI=1S/C29H33N3O6.C28H36N4O6.C23H28N4O4.C17H13BrN2O2.C13H22O4.CH4.HI.U/c1-29(2,3)38-28(35)30-14-16-37-18-17-36-15-6-7-20-10-11-24-22(19-20)21-8-4-5-9-23(21)32(24)25-12-13-26(33)31-27(25)34;1-28(2,3)38-27(35)30-13-15-37-17-16-36-14-5-6-19-8-9-22-21(18-19)20-7-4-12-29-25(20)32(22)23-10-11-24(33)31-26(23)34;24-9-12-31-14-13-30-11-2-3-16-5-6-19-18(15-16)17-4-1-10-25-22(17)27(19)20-7-8-21(28)26-23(20)29;18-10-3-5-14-13(8-10)12-2-1-7-19-17(12)20(14)15-6-4-11(21)9-16(15)22;1-5-8-15-10-11-16-9-6-7-12(14)17-13(2,3)4;;;/h4-5,8-11,19,25H,12-18H2,1-3H3,(H,30,35)(H,31,33,34);4,7-9,12,18,23H,5-6,10-11,13-17H2,1-3H3,(H,30,35)(H,31,33,34);1,4-6,10,15,20H,2-3,7-9,11-14,24H2,(H,26,28,29);1-3,5,7-8,15H,4,6,9H2;1H,6-11H2,2-4H3;1H4;1H;/i/hT. The number of aryl methyl sites for hydroxylation is 2. The second-order valence-electron chi connectivity index (χ2n) is 38.2. The van der Waals surface area contributed by atoms with Gasteiger partial charge in [0.25, 0.3) is 0 Å². The predicted octanol–water partition coefficient (Wildman–Crippen LogP) is 16.3. The number of para-hydroxylation sites is 1. The summed E-state index contributed by atoms with van der Waals surface area (Å²) in [7, 11) is 0. The largest absolute Gasteiger partial charge is 0.460 e. The average molecular weight is 2450 g/mol.